The van der Waals surface area contributed by atoms with E-state index in [0.29, 0.717) is 5.78 Å². The molecule has 12 heavy (non-hydrogen) atoms. The third-order valence-corrected chi connectivity index (χ3v) is 1.95. The lowest BCUT2D eigenvalue weighted by Gasteiger charge is -1.85. The Labute approximate surface area is 70.4 Å². The average Bonchev–Trinajstić information content (AvgIpc) is 2.46. The summed E-state index contributed by atoms with van der Waals surface area (Å²) in [6, 6.07) is 1.72. The second-order valence-corrected chi connectivity index (χ2v) is 3.07. The molecule has 6 heteroatoms. The number of hydrogen-bond donors (Lipinski definition) is 1. The molecule has 0 aromatic carbocycles. The Kier molecular flexibility index (Phi) is 1.63. The maximum atomic E-state index is 10.6. The van der Waals surface area contributed by atoms with Crippen molar-refractivity contribution in [1.82, 2.24) is 14.4 Å². The van der Waals surface area contributed by atoms with Crippen molar-refractivity contribution in [3.63, 3.8) is 0 Å². The number of hydrogen-bond acceptors (Lipinski definition) is 3. The lowest BCUT2D eigenvalue weighted by atomic mass is 10.7. The molecule has 2 rings (SSSR count). The largest absolute Gasteiger partial charge is 0.301 e. The minimum Gasteiger partial charge on any atom is -0.301 e. The Morgan fingerprint density at radius 1 is 1.58 bits per heavy atom. The number of rotatable bonds is 1. The Morgan fingerprint density at radius 2 is 2.42 bits per heavy atom. The molecule has 0 spiro atoms. The van der Waals surface area contributed by atoms with E-state index in [-0.39, 0.29) is 5.03 Å². The van der Waals surface area contributed by atoms with Crippen LogP contribution in [0.15, 0.2) is 29.7 Å². The van der Waals surface area contributed by atoms with Gasteiger partial charge in [-0.15, -0.1) is 0 Å². The van der Waals surface area contributed by atoms with Crippen LogP contribution in [0.25, 0.3) is 5.78 Å². The van der Waals surface area contributed by atoms with Gasteiger partial charge in [-0.1, -0.05) is 0 Å². The van der Waals surface area contributed by atoms with Crippen molar-refractivity contribution in [3.8, 4) is 0 Å². The topological polar surface area (TPSA) is 67.5 Å². The van der Waals surface area contributed by atoms with Crippen LogP contribution in [-0.4, -0.2) is 23.1 Å². The molecule has 2 heterocycles. The second-order valence-electron chi connectivity index (χ2n) is 2.16. The van der Waals surface area contributed by atoms with Crippen LogP contribution in [0.2, 0.25) is 0 Å². The number of nitrogens with zero attached hydrogens (tertiary/aromatic N) is 3. The van der Waals surface area contributed by atoms with Gasteiger partial charge in [0.2, 0.25) is 16.9 Å². The zero-order valence-electron chi connectivity index (χ0n) is 5.91. The lowest BCUT2D eigenvalue weighted by molar-refractivity contribution is 0.561. The highest BCUT2D eigenvalue weighted by Gasteiger charge is 2.05. The summed E-state index contributed by atoms with van der Waals surface area (Å²) in [5, 5.41) is 0.119. The van der Waals surface area contributed by atoms with E-state index < -0.39 is 11.1 Å². The maximum Gasteiger partial charge on any atom is 0.234 e. The highest BCUT2D eigenvalue weighted by molar-refractivity contribution is 7.79. The van der Waals surface area contributed by atoms with Crippen LogP contribution in [0.4, 0.5) is 0 Å². The minimum atomic E-state index is -2.03. The molecule has 1 N–H and O–H groups in total. The summed E-state index contributed by atoms with van der Waals surface area (Å²) in [4.78, 5) is 7.70. The molecule has 1 atom stereocenters. The molecule has 0 aliphatic rings. The fourth-order valence-electron chi connectivity index (χ4n) is 0.892. The van der Waals surface area contributed by atoms with Gasteiger partial charge >= 0.3 is 0 Å². The first kappa shape index (κ1) is 7.38. The van der Waals surface area contributed by atoms with Gasteiger partial charge in [0.05, 0.1) is 0 Å². The highest BCUT2D eigenvalue weighted by Crippen LogP contribution is 2.03. The van der Waals surface area contributed by atoms with E-state index in [1.165, 1.54) is 6.20 Å². The zero-order chi connectivity index (χ0) is 8.55. The molecular weight excluding hydrogens is 178 g/mol. The summed E-state index contributed by atoms with van der Waals surface area (Å²) in [7, 11) is 0. The fraction of sp³-hybridized carbons (Fsp3) is 0. The summed E-state index contributed by atoms with van der Waals surface area (Å²) in [6.07, 6.45) is 4.76. The standard InChI is InChI=1S/C6H5N3O2S/c10-12(11)5-4-9-3-1-2-7-6(9)8-5/h1-4H,(H,10,11). The molecule has 0 fully saturated rings. The summed E-state index contributed by atoms with van der Waals surface area (Å²) < 4.78 is 20.9. The second kappa shape index (κ2) is 2.65. The van der Waals surface area contributed by atoms with Crippen LogP contribution >= 0.6 is 0 Å². The molecule has 0 aliphatic heterocycles. The summed E-state index contributed by atoms with van der Waals surface area (Å²) in [5.74, 6) is 0.426. The highest BCUT2D eigenvalue weighted by atomic mass is 32.2. The maximum absolute atomic E-state index is 10.6. The molecule has 1 unspecified atom stereocenters. The summed E-state index contributed by atoms with van der Waals surface area (Å²) >= 11 is -2.03. The molecule has 2 aromatic heterocycles. The average molecular weight is 183 g/mol. The predicted molar refractivity (Wildman–Crippen MR) is 42.0 cm³/mol. The smallest absolute Gasteiger partial charge is 0.234 e. The first-order valence-electron chi connectivity index (χ1n) is 3.18. The van der Waals surface area contributed by atoms with Gasteiger partial charge in [-0.25, -0.2) is 9.19 Å². The minimum absolute atomic E-state index is 0.119. The third-order valence-electron chi connectivity index (χ3n) is 1.39. The summed E-state index contributed by atoms with van der Waals surface area (Å²) in [5.41, 5.74) is 0. The van der Waals surface area contributed by atoms with Gasteiger partial charge in [-0.2, -0.15) is 4.98 Å². The van der Waals surface area contributed by atoms with E-state index in [1.54, 1.807) is 22.9 Å². The molecule has 0 amide bonds. The lowest BCUT2D eigenvalue weighted by Crippen LogP contribution is -1.86. The summed E-state index contributed by atoms with van der Waals surface area (Å²) in [6.45, 7) is 0. The number of aromatic nitrogens is 3. The van der Waals surface area contributed by atoms with Crippen molar-refractivity contribution in [1.29, 1.82) is 0 Å². The van der Waals surface area contributed by atoms with Crippen LogP contribution in [0.3, 0.4) is 0 Å². The normalized spacial score (nSPS) is 13.4. The molecule has 62 valence electrons. The van der Waals surface area contributed by atoms with Crippen LogP contribution in [0.1, 0.15) is 0 Å². The van der Waals surface area contributed by atoms with Crippen molar-refractivity contribution in [3.05, 3.63) is 24.7 Å². The quantitative estimate of drug-likeness (QED) is 0.646. The van der Waals surface area contributed by atoms with Gasteiger partial charge < -0.3 is 4.55 Å². The van der Waals surface area contributed by atoms with Crippen molar-refractivity contribution in [2.75, 3.05) is 0 Å². The van der Waals surface area contributed by atoms with E-state index in [0.717, 1.165) is 0 Å². The molecule has 0 saturated carbocycles. The van der Waals surface area contributed by atoms with Crippen LogP contribution in [0.5, 0.6) is 0 Å². The van der Waals surface area contributed by atoms with Gasteiger partial charge in [0.1, 0.15) is 0 Å². The monoisotopic (exact) mass is 183 g/mol. The molecule has 0 bridgehead atoms. The molecular formula is C6H5N3O2S. The van der Waals surface area contributed by atoms with E-state index in [2.05, 4.69) is 9.97 Å². The number of fused-ring (bicyclic) bond motifs is 1. The molecule has 2 aromatic rings. The Hall–Kier alpha value is -1.27. The van der Waals surface area contributed by atoms with E-state index in [1.807, 2.05) is 0 Å². The molecule has 0 radical (unpaired) electrons. The van der Waals surface area contributed by atoms with Crippen LogP contribution < -0.4 is 0 Å². The first-order valence-corrected chi connectivity index (χ1v) is 4.28. The number of imidazole rings is 1. The molecule has 0 aliphatic carbocycles. The van der Waals surface area contributed by atoms with Crippen LogP contribution in [-0.2, 0) is 11.1 Å². The SMILES string of the molecule is O=S(O)c1cn2cccnc2n1. The van der Waals surface area contributed by atoms with Gasteiger partial charge in [0.25, 0.3) is 0 Å². The van der Waals surface area contributed by atoms with E-state index in [4.69, 9.17) is 4.55 Å². The van der Waals surface area contributed by atoms with Gasteiger partial charge in [0.15, 0.2) is 5.03 Å². The van der Waals surface area contributed by atoms with Crippen molar-refractivity contribution in [2.45, 2.75) is 5.03 Å². The van der Waals surface area contributed by atoms with Crippen molar-refractivity contribution in [2.24, 2.45) is 0 Å². The fourth-order valence-corrected chi connectivity index (χ4v) is 1.26. The van der Waals surface area contributed by atoms with Crippen molar-refractivity contribution < 1.29 is 8.76 Å². The van der Waals surface area contributed by atoms with Crippen molar-refractivity contribution >= 4 is 16.9 Å². The molecule has 5 nitrogen and oxygen atoms in total. The first-order chi connectivity index (χ1) is 5.77. The van der Waals surface area contributed by atoms with Gasteiger partial charge in [-0.05, 0) is 6.07 Å². The van der Waals surface area contributed by atoms with Gasteiger partial charge in [0, 0.05) is 18.6 Å². The zero-order valence-corrected chi connectivity index (χ0v) is 6.73. The predicted octanol–water partition coefficient (Wildman–Crippen LogP) is 0.310. The van der Waals surface area contributed by atoms with E-state index in [9.17, 15) is 4.21 Å². The Bertz CT molecular complexity index is 406. The molecule has 0 saturated heterocycles. The van der Waals surface area contributed by atoms with E-state index >= 15 is 0 Å². The van der Waals surface area contributed by atoms with Crippen LogP contribution in [0, 0.1) is 0 Å². The van der Waals surface area contributed by atoms with Gasteiger partial charge in [-0.3, -0.25) is 4.40 Å². The Morgan fingerprint density at radius 3 is 3.08 bits per heavy atom. The third kappa shape index (κ3) is 1.10. The Balaban J connectivity index is 2.70.